The monoisotopic (exact) mass is 242 g/mol. The summed E-state index contributed by atoms with van der Waals surface area (Å²) in [5.74, 6) is 2.27. The fourth-order valence-electron chi connectivity index (χ4n) is 1.24. The zero-order chi connectivity index (χ0) is 12.0. The highest BCUT2D eigenvalue weighted by molar-refractivity contribution is 7.84. The van der Waals surface area contributed by atoms with E-state index < -0.39 is 10.8 Å². The molecule has 0 radical (unpaired) electrons. The van der Waals surface area contributed by atoms with Crippen molar-refractivity contribution in [3.8, 4) is 0 Å². The number of rotatable bonds is 6. The lowest BCUT2D eigenvalue weighted by molar-refractivity contribution is 0.678. The molecule has 0 aromatic carbocycles. The molecule has 5 nitrogen and oxygen atoms in total. The van der Waals surface area contributed by atoms with Crippen molar-refractivity contribution in [2.24, 2.45) is 0 Å². The first-order chi connectivity index (χ1) is 7.61. The van der Waals surface area contributed by atoms with E-state index in [4.69, 9.17) is 0 Å². The number of aromatic nitrogens is 2. The van der Waals surface area contributed by atoms with Gasteiger partial charge in [0.05, 0.1) is 0 Å². The minimum Gasteiger partial charge on any atom is -0.373 e. The standard InChI is InChI=1S/C10H18N4OS/c1-8(4-5-16(3)15)14-10-6-9(11-2)12-7-13-10/h6-8H,4-5H2,1-3H3,(H2,11,12,13,14). The van der Waals surface area contributed by atoms with E-state index in [1.165, 1.54) is 6.33 Å². The summed E-state index contributed by atoms with van der Waals surface area (Å²) in [6.07, 6.45) is 4.09. The van der Waals surface area contributed by atoms with Crippen molar-refractivity contribution in [1.82, 2.24) is 9.97 Å². The van der Waals surface area contributed by atoms with Crippen LogP contribution in [0.3, 0.4) is 0 Å². The Kier molecular flexibility index (Phi) is 5.18. The Morgan fingerprint density at radius 2 is 2.12 bits per heavy atom. The van der Waals surface area contributed by atoms with Crippen molar-refractivity contribution in [3.05, 3.63) is 12.4 Å². The van der Waals surface area contributed by atoms with Crippen LogP contribution >= 0.6 is 0 Å². The summed E-state index contributed by atoms with van der Waals surface area (Å²) in [4.78, 5) is 8.14. The molecule has 0 saturated carbocycles. The first kappa shape index (κ1) is 12.9. The molecule has 0 aliphatic carbocycles. The van der Waals surface area contributed by atoms with Crippen LogP contribution in [0.2, 0.25) is 0 Å². The van der Waals surface area contributed by atoms with Gasteiger partial charge >= 0.3 is 0 Å². The van der Waals surface area contributed by atoms with Gasteiger partial charge in [-0.15, -0.1) is 0 Å². The van der Waals surface area contributed by atoms with Crippen LogP contribution in [-0.4, -0.2) is 39.3 Å². The highest BCUT2D eigenvalue weighted by atomic mass is 32.2. The van der Waals surface area contributed by atoms with Gasteiger partial charge in [-0.05, 0) is 13.3 Å². The molecule has 16 heavy (non-hydrogen) atoms. The van der Waals surface area contributed by atoms with Gasteiger partial charge in [0, 0.05) is 42.0 Å². The predicted octanol–water partition coefficient (Wildman–Crippen LogP) is 1.09. The summed E-state index contributed by atoms with van der Waals surface area (Å²) < 4.78 is 10.9. The second-order valence-electron chi connectivity index (χ2n) is 3.65. The molecule has 0 fully saturated rings. The van der Waals surface area contributed by atoms with Crippen molar-refractivity contribution < 1.29 is 4.21 Å². The normalized spacial score (nSPS) is 14.2. The van der Waals surface area contributed by atoms with Crippen LogP contribution < -0.4 is 10.6 Å². The van der Waals surface area contributed by atoms with E-state index in [2.05, 4.69) is 20.6 Å². The Morgan fingerprint density at radius 3 is 2.75 bits per heavy atom. The first-order valence-electron chi connectivity index (χ1n) is 5.18. The summed E-state index contributed by atoms with van der Waals surface area (Å²) in [6.45, 7) is 2.05. The van der Waals surface area contributed by atoms with Crippen LogP contribution in [0.4, 0.5) is 11.6 Å². The molecule has 2 unspecified atom stereocenters. The third-order valence-electron chi connectivity index (χ3n) is 2.16. The minimum atomic E-state index is -0.735. The Balaban J connectivity index is 2.48. The zero-order valence-corrected chi connectivity index (χ0v) is 10.7. The smallest absolute Gasteiger partial charge is 0.131 e. The van der Waals surface area contributed by atoms with Crippen LogP contribution in [0.25, 0.3) is 0 Å². The van der Waals surface area contributed by atoms with Crippen LogP contribution in [-0.2, 0) is 10.8 Å². The van der Waals surface area contributed by atoms with Gasteiger partial charge in [0.25, 0.3) is 0 Å². The van der Waals surface area contributed by atoms with Gasteiger partial charge < -0.3 is 10.6 Å². The highest BCUT2D eigenvalue weighted by Crippen LogP contribution is 2.10. The SMILES string of the molecule is CNc1cc(NC(C)CCS(C)=O)ncn1. The molecule has 0 aliphatic rings. The molecule has 6 heteroatoms. The fourth-order valence-corrected chi connectivity index (χ4v) is 1.93. The summed E-state index contributed by atoms with van der Waals surface area (Å²) >= 11 is 0. The Hall–Kier alpha value is -1.17. The van der Waals surface area contributed by atoms with Crippen molar-refractivity contribution in [1.29, 1.82) is 0 Å². The first-order valence-corrected chi connectivity index (χ1v) is 6.91. The van der Waals surface area contributed by atoms with Gasteiger partial charge in [0.1, 0.15) is 18.0 Å². The van der Waals surface area contributed by atoms with Gasteiger partial charge in [-0.25, -0.2) is 9.97 Å². The fraction of sp³-hybridized carbons (Fsp3) is 0.600. The summed E-state index contributed by atoms with van der Waals surface area (Å²) in [7, 11) is 1.08. The Morgan fingerprint density at radius 1 is 1.44 bits per heavy atom. The van der Waals surface area contributed by atoms with E-state index in [1.807, 2.05) is 20.0 Å². The molecule has 2 N–H and O–H groups in total. The topological polar surface area (TPSA) is 66.9 Å². The van der Waals surface area contributed by atoms with Crippen LogP contribution in [0, 0.1) is 0 Å². The molecule has 1 heterocycles. The zero-order valence-electron chi connectivity index (χ0n) is 9.86. The van der Waals surface area contributed by atoms with Crippen molar-refractivity contribution >= 4 is 22.4 Å². The maximum absolute atomic E-state index is 10.9. The molecule has 0 aliphatic heterocycles. The Labute approximate surface area is 98.5 Å². The van der Waals surface area contributed by atoms with Crippen molar-refractivity contribution in [3.63, 3.8) is 0 Å². The third-order valence-corrected chi connectivity index (χ3v) is 2.97. The molecular weight excluding hydrogens is 224 g/mol. The molecule has 2 atom stereocenters. The molecule has 1 aromatic rings. The Bertz CT molecular complexity index is 358. The lowest BCUT2D eigenvalue weighted by atomic mass is 10.2. The molecule has 0 spiro atoms. The summed E-state index contributed by atoms with van der Waals surface area (Å²) in [5.41, 5.74) is 0. The number of nitrogens with one attached hydrogen (secondary N) is 2. The largest absolute Gasteiger partial charge is 0.373 e. The average molecular weight is 242 g/mol. The molecule has 0 bridgehead atoms. The molecular formula is C10H18N4OS. The average Bonchev–Trinajstić information content (AvgIpc) is 2.26. The second-order valence-corrected chi connectivity index (χ2v) is 5.20. The van der Waals surface area contributed by atoms with E-state index in [9.17, 15) is 4.21 Å². The van der Waals surface area contributed by atoms with Gasteiger partial charge in [-0.1, -0.05) is 0 Å². The van der Waals surface area contributed by atoms with Gasteiger partial charge in [0.15, 0.2) is 0 Å². The van der Waals surface area contributed by atoms with Crippen molar-refractivity contribution in [2.45, 2.75) is 19.4 Å². The van der Waals surface area contributed by atoms with Gasteiger partial charge in [-0.3, -0.25) is 4.21 Å². The predicted molar refractivity (Wildman–Crippen MR) is 68.2 cm³/mol. The number of hydrogen-bond acceptors (Lipinski definition) is 5. The highest BCUT2D eigenvalue weighted by Gasteiger charge is 2.04. The van der Waals surface area contributed by atoms with E-state index >= 15 is 0 Å². The van der Waals surface area contributed by atoms with E-state index in [-0.39, 0.29) is 6.04 Å². The summed E-state index contributed by atoms with van der Waals surface area (Å²) in [6, 6.07) is 2.10. The molecule has 1 aromatic heterocycles. The van der Waals surface area contributed by atoms with E-state index in [1.54, 1.807) is 6.26 Å². The quantitative estimate of drug-likeness (QED) is 0.781. The minimum absolute atomic E-state index is 0.253. The van der Waals surface area contributed by atoms with Gasteiger partial charge in [-0.2, -0.15) is 0 Å². The maximum atomic E-state index is 10.9. The molecule has 1 rings (SSSR count). The number of anilines is 2. The van der Waals surface area contributed by atoms with E-state index in [0.29, 0.717) is 5.75 Å². The maximum Gasteiger partial charge on any atom is 0.131 e. The van der Waals surface area contributed by atoms with E-state index in [0.717, 1.165) is 18.1 Å². The second kappa shape index (κ2) is 6.42. The lowest BCUT2D eigenvalue weighted by Gasteiger charge is -2.13. The number of nitrogens with zero attached hydrogens (tertiary/aromatic N) is 2. The van der Waals surface area contributed by atoms with Crippen LogP contribution in [0.1, 0.15) is 13.3 Å². The summed E-state index contributed by atoms with van der Waals surface area (Å²) in [5, 5.41) is 6.20. The van der Waals surface area contributed by atoms with Crippen LogP contribution in [0.15, 0.2) is 12.4 Å². The molecule has 0 saturated heterocycles. The number of hydrogen-bond donors (Lipinski definition) is 2. The van der Waals surface area contributed by atoms with Gasteiger partial charge in [0.2, 0.25) is 0 Å². The molecule has 0 amide bonds. The van der Waals surface area contributed by atoms with Crippen LogP contribution in [0.5, 0.6) is 0 Å². The van der Waals surface area contributed by atoms with Crippen molar-refractivity contribution in [2.75, 3.05) is 29.7 Å². The lowest BCUT2D eigenvalue weighted by Crippen LogP contribution is -2.18. The third kappa shape index (κ3) is 4.57. The molecule has 90 valence electrons.